The van der Waals surface area contributed by atoms with Gasteiger partial charge in [-0.1, -0.05) is 60.7 Å². The Kier molecular flexibility index (Phi) is 8.31. The summed E-state index contributed by atoms with van der Waals surface area (Å²) < 4.78 is 0. The first-order valence-corrected chi connectivity index (χ1v) is 8.64. The quantitative estimate of drug-likeness (QED) is 0.323. The molecule has 0 aliphatic rings. The van der Waals surface area contributed by atoms with Crippen molar-refractivity contribution in [2.24, 2.45) is 0 Å². The van der Waals surface area contributed by atoms with E-state index in [0.29, 0.717) is 12.1 Å². The Labute approximate surface area is 171 Å². The number of carbonyl (C=O) groups excluding carboxylic acids is 1. The second-order valence-electron chi connectivity index (χ2n) is 5.85. The van der Waals surface area contributed by atoms with E-state index < -0.39 is 0 Å². The molecule has 4 aromatic rings. The fourth-order valence-electron chi connectivity index (χ4n) is 2.65. The van der Waals surface area contributed by atoms with Crippen LogP contribution in [0.25, 0.3) is 0 Å². The van der Waals surface area contributed by atoms with Crippen LogP contribution in [0.5, 0.6) is 0 Å². The molecule has 0 heterocycles. The zero-order valence-electron chi connectivity index (χ0n) is 14.9. The standard InChI is InChI=1S/C19H16NO.C5H5.Fe/c21-19(17-11-5-2-6-12-17)20(18-13-7-8-14-18)15-16-9-3-1-4-10-16;1-2-4-5-3-1;/h1-14H,15H2;1-5H;/q2*-1;. The van der Waals surface area contributed by atoms with Crippen molar-refractivity contribution in [2.45, 2.75) is 6.54 Å². The molecule has 1 amide bonds. The average Bonchev–Trinajstić information content (AvgIpc) is 3.44. The van der Waals surface area contributed by atoms with Gasteiger partial charge in [0.15, 0.2) is 5.91 Å². The Morgan fingerprint density at radius 3 is 1.85 bits per heavy atom. The van der Waals surface area contributed by atoms with Crippen LogP contribution in [0, 0.1) is 0 Å². The predicted molar refractivity (Wildman–Crippen MR) is 107 cm³/mol. The largest absolute Gasteiger partial charge is 0.384 e. The molecule has 0 atom stereocenters. The second-order valence-corrected chi connectivity index (χ2v) is 5.85. The zero-order chi connectivity index (χ0) is 18.0. The normalized spacial score (nSPS) is 9.48. The summed E-state index contributed by atoms with van der Waals surface area (Å²) in [5.74, 6) is 0.0191. The Balaban J connectivity index is 0.000000379. The van der Waals surface area contributed by atoms with E-state index in [1.165, 1.54) is 0 Å². The van der Waals surface area contributed by atoms with Crippen molar-refractivity contribution in [3.63, 3.8) is 0 Å². The van der Waals surface area contributed by atoms with Crippen LogP contribution >= 0.6 is 0 Å². The van der Waals surface area contributed by atoms with Crippen LogP contribution < -0.4 is 4.90 Å². The molecule has 0 N–H and O–H groups in total. The van der Waals surface area contributed by atoms with E-state index in [4.69, 9.17) is 0 Å². The number of amides is 1. The first-order chi connectivity index (χ1) is 12.8. The van der Waals surface area contributed by atoms with E-state index in [-0.39, 0.29) is 23.0 Å². The number of benzene rings is 2. The van der Waals surface area contributed by atoms with Crippen LogP contribution in [0.3, 0.4) is 0 Å². The summed E-state index contributed by atoms with van der Waals surface area (Å²) in [4.78, 5) is 14.6. The molecule has 3 heteroatoms. The molecule has 0 spiro atoms. The molecule has 27 heavy (non-hydrogen) atoms. The van der Waals surface area contributed by atoms with Gasteiger partial charge < -0.3 is 9.69 Å². The molecule has 0 aliphatic carbocycles. The van der Waals surface area contributed by atoms with Crippen molar-refractivity contribution in [3.8, 4) is 0 Å². The van der Waals surface area contributed by atoms with E-state index in [0.717, 1.165) is 11.3 Å². The van der Waals surface area contributed by atoms with Gasteiger partial charge in [0.25, 0.3) is 0 Å². The van der Waals surface area contributed by atoms with E-state index in [9.17, 15) is 4.79 Å². The summed E-state index contributed by atoms with van der Waals surface area (Å²) in [6.07, 6.45) is 0. The molecule has 4 rings (SSSR count). The molecular formula is C24H21FeNO-2. The maximum absolute atomic E-state index is 12.8. The first-order valence-electron chi connectivity index (χ1n) is 8.64. The number of anilines is 1. The third kappa shape index (κ3) is 6.10. The third-order valence-electron chi connectivity index (χ3n) is 3.96. The van der Waals surface area contributed by atoms with Gasteiger partial charge >= 0.3 is 0 Å². The summed E-state index contributed by atoms with van der Waals surface area (Å²) in [7, 11) is 0. The van der Waals surface area contributed by atoms with Gasteiger partial charge in [0.05, 0.1) is 0 Å². The monoisotopic (exact) mass is 395 g/mol. The minimum absolute atomic E-state index is 0. The van der Waals surface area contributed by atoms with Gasteiger partial charge in [-0.25, -0.2) is 12.1 Å². The summed E-state index contributed by atoms with van der Waals surface area (Å²) in [5.41, 5.74) is 2.74. The van der Waals surface area contributed by atoms with E-state index in [1.807, 2.05) is 120 Å². The molecule has 138 valence electrons. The van der Waals surface area contributed by atoms with Crippen LogP contribution in [-0.2, 0) is 23.6 Å². The number of hydrogen-bond donors (Lipinski definition) is 0. The molecule has 4 aromatic carbocycles. The van der Waals surface area contributed by atoms with Gasteiger partial charge in [0.2, 0.25) is 0 Å². The van der Waals surface area contributed by atoms with E-state index >= 15 is 0 Å². The summed E-state index contributed by atoms with van der Waals surface area (Å²) >= 11 is 0. The molecule has 0 aromatic heterocycles. The number of hydrogen-bond acceptors (Lipinski definition) is 1. The maximum atomic E-state index is 12.8. The van der Waals surface area contributed by atoms with Crippen LogP contribution in [0.15, 0.2) is 115 Å². The van der Waals surface area contributed by atoms with E-state index in [1.54, 1.807) is 0 Å². The third-order valence-corrected chi connectivity index (χ3v) is 3.96. The van der Waals surface area contributed by atoms with E-state index in [2.05, 4.69) is 0 Å². The van der Waals surface area contributed by atoms with Gasteiger partial charge in [-0.05, 0) is 16.8 Å². The van der Waals surface area contributed by atoms with Crippen LogP contribution in [0.2, 0.25) is 0 Å². The molecule has 0 saturated carbocycles. The Morgan fingerprint density at radius 2 is 1.33 bits per heavy atom. The van der Waals surface area contributed by atoms with Crippen molar-refractivity contribution in [1.29, 1.82) is 0 Å². The summed E-state index contributed by atoms with van der Waals surface area (Å²) in [6, 6.07) is 37.3. The maximum Gasteiger partial charge on any atom is 0.182 e. The number of nitrogens with zero attached hydrogens (tertiary/aromatic N) is 1. The number of carbonyl (C=O) groups is 1. The van der Waals surface area contributed by atoms with Crippen LogP contribution in [0.4, 0.5) is 5.69 Å². The van der Waals surface area contributed by atoms with Gasteiger partial charge in [0.1, 0.15) is 0 Å². The second kappa shape index (κ2) is 11.0. The van der Waals surface area contributed by atoms with Gasteiger partial charge in [-0.15, -0.1) is 12.1 Å². The van der Waals surface area contributed by atoms with Crippen LogP contribution in [0.1, 0.15) is 15.9 Å². The fourth-order valence-corrected chi connectivity index (χ4v) is 2.65. The molecule has 0 aliphatic heterocycles. The van der Waals surface area contributed by atoms with Gasteiger partial charge in [-0.3, -0.25) is 0 Å². The molecule has 0 radical (unpaired) electrons. The van der Waals surface area contributed by atoms with Gasteiger partial charge in [0, 0.05) is 23.6 Å². The smallest absolute Gasteiger partial charge is 0.182 e. The van der Waals surface area contributed by atoms with Crippen molar-refractivity contribution in [1.82, 2.24) is 0 Å². The zero-order valence-corrected chi connectivity index (χ0v) is 16.0. The average molecular weight is 395 g/mol. The fraction of sp³-hybridized carbons (Fsp3) is 0.0417. The number of rotatable bonds is 4. The Morgan fingerprint density at radius 1 is 0.778 bits per heavy atom. The van der Waals surface area contributed by atoms with Crippen molar-refractivity contribution in [3.05, 3.63) is 126 Å². The Bertz CT molecular complexity index is 852. The molecular weight excluding hydrogens is 374 g/mol. The Hall–Kier alpha value is -2.87. The van der Waals surface area contributed by atoms with Crippen molar-refractivity contribution in [2.75, 3.05) is 4.90 Å². The first kappa shape index (κ1) is 20.4. The SMILES string of the molecule is O=C(c1ccccc1)N(Cc1ccccc1)[c-]1cccc1.[Fe].c1cc[cH-]c1. The molecule has 0 saturated heterocycles. The minimum Gasteiger partial charge on any atom is -0.384 e. The minimum atomic E-state index is 0. The molecule has 0 fully saturated rings. The summed E-state index contributed by atoms with van der Waals surface area (Å²) in [6.45, 7) is 0.568. The van der Waals surface area contributed by atoms with Crippen molar-refractivity contribution >= 4 is 11.6 Å². The van der Waals surface area contributed by atoms with Gasteiger partial charge in [-0.2, -0.15) is 30.3 Å². The summed E-state index contributed by atoms with van der Waals surface area (Å²) in [5, 5.41) is 0. The molecule has 0 bridgehead atoms. The van der Waals surface area contributed by atoms with Crippen molar-refractivity contribution < 1.29 is 21.9 Å². The molecule has 2 nitrogen and oxygen atoms in total. The van der Waals surface area contributed by atoms with Crippen LogP contribution in [-0.4, -0.2) is 5.91 Å². The predicted octanol–water partition coefficient (Wildman–Crippen LogP) is 5.66. The molecule has 0 unspecified atom stereocenters. The topological polar surface area (TPSA) is 20.3 Å².